The van der Waals surface area contributed by atoms with Crippen LogP contribution in [0.1, 0.15) is 38.3 Å². The van der Waals surface area contributed by atoms with Crippen LogP contribution in [0.25, 0.3) is 0 Å². The van der Waals surface area contributed by atoms with Gasteiger partial charge in [0, 0.05) is 11.6 Å². The molecule has 0 spiro atoms. The molecule has 0 heterocycles. The van der Waals surface area contributed by atoms with Gasteiger partial charge in [0.25, 0.3) is 0 Å². The van der Waals surface area contributed by atoms with E-state index in [4.69, 9.17) is 9.47 Å². The van der Waals surface area contributed by atoms with Crippen LogP contribution in [0.3, 0.4) is 0 Å². The van der Waals surface area contributed by atoms with Crippen LogP contribution in [0.4, 0.5) is 0 Å². The number of methoxy groups -OCH3 is 2. The zero-order valence-corrected chi connectivity index (χ0v) is 14.3. The van der Waals surface area contributed by atoms with Gasteiger partial charge in [0.15, 0.2) is 0 Å². The smallest absolute Gasteiger partial charge is 0.141 e. The Morgan fingerprint density at radius 1 is 1.30 bits per heavy atom. The second-order valence-electron chi connectivity index (χ2n) is 5.44. The Balaban J connectivity index is 2.38. The molecule has 0 aromatic heterocycles. The average molecular weight is 342 g/mol. The number of hydrogen-bond donors (Lipinski definition) is 1. The van der Waals surface area contributed by atoms with Crippen molar-refractivity contribution in [3.05, 3.63) is 22.2 Å². The first-order valence-electron chi connectivity index (χ1n) is 7.27. The molecular formula is C16H24BrNO2. The number of ether oxygens (including phenoxy) is 2. The van der Waals surface area contributed by atoms with Crippen LogP contribution in [0, 0.1) is 11.8 Å². The van der Waals surface area contributed by atoms with Gasteiger partial charge in [0.2, 0.25) is 0 Å². The maximum absolute atomic E-state index is 5.63. The summed E-state index contributed by atoms with van der Waals surface area (Å²) in [4.78, 5) is 0. The van der Waals surface area contributed by atoms with Crippen molar-refractivity contribution < 1.29 is 9.47 Å². The predicted octanol–water partition coefficient (Wildman–Crippen LogP) is 4.16. The van der Waals surface area contributed by atoms with E-state index in [1.807, 2.05) is 6.07 Å². The molecule has 20 heavy (non-hydrogen) atoms. The Labute approximate surface area is 130 Å². The van der Waals surface area contributed by atoms with Gasteiger partial charge in [-0.3, -0.25) is 0 Å². The highest BCUT2D eigenvalue weighted by Gasteiger charge is 2.35. The maximum Gasteiger partial charge on any atom is 0.141 e. The van der Waals surface area contributed by atoms with Crippen LogP contribution in [-0.4, -0.2) is 20.8 Å². The number of halogens is 1. The Kier molecular flexibility index (Phi) is 5.33. The van der Waals surface area contributed by atoms with Gasteiger partial charge in [0.05, 0.1) is 14.2 Å². The third-order valence-corrected chi connectivity index (χ3v) is 4.92. The number of hydrogen-bond acceptors (Lipinski definition) is 3. The summed E-state index contributed by atoms with van der Waals surface area (Å²) in [5, 5.41) is 3.62. The van der Waals surface area contributed by atoms with Gasteiger partial charge in [-0.2, -0.15) is 0 Å². The normalized spacial score (nSPS) is 17.6. The largest absolute Gasteiger partial charge is 0.495 e. The van der Waals surface area contributed by atoms with E-state index in [0.29, 0.717) is 12.0 Å². The molecule has 1 aromatic carbocycles. The van der Waals surface area contributed by atoms with E-state index >= 15 is 0 Å². The molecule has 2 rings (SSSR count). The topological polar surface area (TPSA) is 30.5 Å². The highest BCUT2D eigenvalue weighted by atomic mass is 79.9. The average Bonchev–Trinajstić information content (AvgIpc) is 3.28. The minimum Gasteiger partial charge on any atom is -0.495 e. The fraction of sp³-hybridized carbons (Fsp3) is 0.625. The van der Waals surface area contributed by atoms with Crippen molar-refractivity contribution in [3.63, 3.8) is 0 Å². The zero-order chi connectivity index (χ0) is 14.7. The van der Waals surface area contributed by atoms with E-state index in [1.54, 1.807) is 14.2 Å². The van der Waals surface area contributed by atoms with Gasteiger partial charge in [-0.1, -0.05) is 13.8 Å². The van der Waals surface area contributed by atoms with Gasteiger partial charge >= 0.3 is 0 Å². The Morgan fingerprint density at radius 2 is 2.00 bits per heavy atom. The van der Waals surface area contributed by atoms with Crippen LogP contribution < -0.4 is 14.8 Å². The van der Waals surface area contributed by atoms with Crippen molar-refractivity contribution in [1.29, 1.82) is 0 Å². The molecule has 1 aliphatic rings. The van der Waals surface area contributed by atoms with Crippen molar-refractivity contribution in [2.45, 2.75) is 32.7 Å². The van der Waals surface area contributed by atoms with Crippen molar-refractivity contribution in [2.24, 2.45) is 11.8 Å². The minimum absolute atomic E-state index is 0.324. The van der Waals surface area contributed by atoms with Crippen molar-refractivity contribution in [3.8, 4) is 11.5 Å². The predicted molar refractivity (Wildman–Crippen MR) is 85.6 cm³/mol. The summed E-state index contributed by atoms with van der Waals surface area (Å²) in [5.41, 5.74) is 1.21. The maximum atomic E-state index is 5.63. The molecular weight excluding hydrogens is 318 g/mol. The van der Waals surface area contributed by atoms with Crippen LogP contribution >= 0.6 is 15.9 Å². The number of benzene rings is 1. The van der Waals surface area contributed by atoms with Crippen LogP contribution in [0.5, 0.6) is 11.5 Å². The minimum atomic E-state index is 0.324. The first-order valence-corrected chi connectivity index (χ1v) is 8.07. The summed E-state index contributed by atoms with van der Waals surface area (Å²) in [5.74, 6) is 3.14. The number of nitrogens with one attached hydrogen (secondary N) is 1. The molecule has 1 aromatic rings. The Hall–Kier alpha value is -0.740. The van der Waals surface area contributed by atoms with Crippen molar-refractivity contribution >= 4 is 15.9 Å². The molecule has 1 aliphatic carbocycles. The molecule has 3 nitrogen and oxygen atoms in total. The van der Waals surface area contributed by atoms with E-state index in [2.05, 4.69) is 41.2 Å². The lowest BCUT2D eigenvalue weighted by molar-refractivity contribution is 0.332. The standard InChI is InChI=1S/C16H24BrNO2/c1-5-18-15(10(2)11-6-7-11)12-8-9-13(19-3)14(17)16(12)20-4/h8-11,15,18H,5-7H2,1-4H3. The molecule has 1 fully saturated rings. The summed E-state index contributed by atoms with van der Waals surface area (Å²) in [6, 6.07) is 4.45. The Bertz CT molecular complexity index is 460. The molecule has 0 aliphatic heterocycles. The quantitative estimate of drug-likeness (QED) is 0.807. The van der Waals surface area contributed by atoms with Crippen LogP contribution in [0.15, 0.2) is 16.6 Å². The van der Waals surface area contributed by atoms with Crippen molar-refractivity contribution in [1.82, 2.24) is 5.32 Å². The molecule has 2 unspecified atom stereocenters. The lowest BCUT2D eigenvalue weighted by Gasteiger charge is -2.27. The van der Waals surface area contributed by atoms with Crippen LogP contribution in [0.2, 0.25) is 0 Å². The molecule has 1 N–H and O–H groups in total. The van der Waals surface area contributed by atoms with E-state index in [-0.39, 0.29) is 0 Å². The van der Waals surface area contributed by atoms with E-state index in [1.165, 1.54) is 18.4 Å². The van der Waals surface area contributed by atoms with E-state index < -0.39 is 0 Å². The lowest BCUT2D eigenvalue weighted by Crippen LogP contribution is -2.28. The lowest BCUT2D eigenvalue weighted by atomic mass is 9.90. The van der Waals surface area contributed by atoms with Gasteiger partial charge < -0.3 is 14.8 Å². The zero-order valence-electron chi connectivity index (χ0n) is 12.7. The highest BCUT2D eigenvalue weighted by Crippen LogP contribution is 2.47. The molecule has 112 valence electrons. The molecule has 4 heteroatoms. The van der Waals surface area contributed by atoms with E-state index in [9.17, 15) is 0 Å². The summed E-state index contributed by atoms with van der Waals surface area (Å²) in [6.07, 6.45) is 2.70. The third kappa shape index (κ3) is 3.12. The molecule has 0 saturated heterocycles. The number of rotatable bonds is 7. The third-order valence-electron chi connectivity index (χ3n) is 4.17. The monoisotopic (exact) mass is 341 g/mol. The molecule has 0 radical (unpaired) electrons. The fourth-order valence-electron chi connectivity index (χ4n) is 2.86. The van der Waals surface area contributed by atoms with E-state index in [0.717, 1.165) is 28.4 Å². The van der Waals surface area contributed by atoms with Crippen LogP contribution in [-0.2, 0) is 0 Å². The fourth-order valence-corrected chi connectivity index (χ4v) is 3.54. The summed E-state index contributed by atoms with van der Waals surface area (Å²) < 4.78 is 11.9. The molecule has 0 bridgehead atoms. The molecule has 0 amide bonds. The Morgan fingerprint density at radius 3 is 2.50 bits per heavy atom. The first kappa shape index (κ1) is 15.6. The highest BCUT2D eigenvalue weighted by molar-refractivity contribution is 9.10. The summed E-state index contributed by atoms with van der Waals surface area (Å²) >= 11 is 3.60. The SMILES string of the molecule is CCNC(c1ccc(OC)c(Br)c1OC)C(C)C1CC1. The van der Waals surface area contributed by atoms with Crippen molar-refractivity contribution in [2.75, 3.05) is 20.8 Å². The summed E-state index contributed by atoms with van der Waals surface area (Å²) in [7, 11) is 3.39. The van der Waals surface area contributed by atoms with Gasteiger partial charge in [-0.05, 0) is 59.3 Å². The first-order chi connectivity index (χ1) is 9.63. The molecule has 1 saturated carbocycles. The second-order valence-corrected chi connectivity index (χ2v) is 6.23. The summed E-state index contributed by atoms with van der Waals surface area (Å²) in [6.45, 7) is 5.44. The van der Waals surface area contributed by atoms with Gasteiger partial charge in [-0.25, -0.2) is 0 Å². The van der Waals surface area contributed by atoms with Gasteiger partial charge in [-0.15, -0.1) is 0 Å². The second kappa shape index (κ2) is 6.81. The van der Waals surface area contributed by atoms with Gasteiger partial charge in [0.1, 0.15) is 16.0 Å². The molecule has 2 atom stereocenters.